The lowest BCUT2D eigenvalue weighted by molar-refractivity contribution is 0.0995. The van der Waals surface area contributed by atoms with Crippen LogP contribution in [0.25, 0.3) is 0 Å². The number of aryl methyl sites for hydroxylation is 1. The van der Waals surface area contributed by atoms with E-state index in [1.165, 1.54) is 6.92 Å². The van der Waals surface area contributed by atoms with E-state index in [1.807, 2.05) is 19.1 Å². The van der Waals surface area contributed by atoms with Gasteiger partial charge < -0.3 is 15.1 Å². The minimum absolute atomic E-state index is 0.0820. The first-order chi connectivity index (χ1) is 10.8. The average molecular weight is 337 g/mol. The van der Waals surface area contributed by atoms with E-state index in [-0.39, 0.29) is 16.4 Å². The van der Waals surface area contributed by atoms with Crippen LogP contribution in [-0.4, -0.2) is 20.9 Å². The van der Waals surface area contributed by atoms with Gasteiger partial charge in [-0.05, 0) is 25.1 Å². The van der Waals surface area contributed by atoms with Crippen molar-refractivity contribution in [2.24, 2.45) is 5.14 Å². The molecule has 23 heavy (non-hydrogen) atoms. The van der Waals surface area contributed by atoms with Crippen molar-refractivity contribution in [3.63, 3.8) is 0 Å². The number of nitrogens with two attached hydrogens (primary N) is 1. The molecule has 2 aromatic rings. The van der Waals surface area contributed by atoms with Crippen LogP contribution in [0.3, 0.4) is 0 Å². The van der Waals surface area contributed by atoms with Gasteiger partial charge in [0.25, 0.3) is 5.91 Å². The van der Waals surface area contributed by atoms with Crippen molar-refractivity contribution < 1.29 is 17.6 Å². The van der Waals surface area contributed by atoms with Crippen LogP contribution in [0.5, 0.6) is 0 Å². The number of primary sulfonamides is 1. The molecule has 0 aliphatic rings. The van der Waals surface area contributed by atoms with E-state index in [9.17, 15) is 13.2 Å². The normalized spacial score (nSPS) is 11.4. The van der Waals surface area contributed by atoms with Gasteiger partial charge in [0.1, 0.15) is 10.7 Å². The molecule has 1 amide bonds. The molecule has 0 atom stereocenters. The maximum absolute atomic E-state index is 12.3. The number of furan rings is 1. The SMILES string of the molecule is CCNCc1ccccc1NC(=O)c1cc(S(N)(=O)=O)c(C)o1. The molecule has 4 N–H and O–H groups in total. The topological polar surface area (TPSA) is 114 Å². The highest BCUT2D eigenvalue weighted by molar-refractivity contribution is 7.89. The summed E-state index contributed by atoms with van der Waals surface area (Å²) in [7, 11) is -3.92. The number of sulfonamides is 1. The van der Waals surface area contributed by atoms with E-state index in [0.717, 1.165) is 18.2 Å². The first kappa shape index (κ1) is 17.2. The van der Waals surface area contributed by atoms with Crippen LogP contribution in [0, 0.1) is 6.92 Å². The van der Waals surface area contributed by atoms with Crippen molar-refractivity contribution in [1.29, 1.82) is 0 Å². The number of para-hydroxylation sites is 1. The van der Waals surface area contributed by atoms with Crippen LogP contribution in [-0.2, 0) is 16.6 Å². The van der Waals surface area contributed by atoms with Crippen molar-refractivity contribution in [2.75, 3.05) is 11.9 Å². The number of anilines is 1. The van der Waals surface area contributed by atoms with E-state index >= 15 is 0 Å². The van der Waals surface area contributed by atoms with Gasteiger partial charge in [-0.1, -0.05) is 25.1 Å². The summed E-state index contributed by atoms with van der Waals surface area (Å²) in [6, 6.07) is 8.46. The summed E-state index contributed by atoms with van der Waals surface area (Å²) >= 11 is 0. The Morgan fingerprint density at radius 3 is 2.61 bits per heavy atom. The van der Waals surface area contributed by atoms with E-state index in [4.69, 9.17) is 9.56 Å². The molecule has 0 bridgehead atoms. The Hall–Kier alpha value is -2.16. The molecule has 0 saturated heterocycles. The van der Waals surface area contributed by atoms with Crippen LogP contribution >= 0.6 is 0 Å². The van der Waals surface area contributed by atoms with Crippen LogP contribution in [0.2, 0.25) is 0 Å². The first-order valence-electron chi connectivity index (χ1n) is 7.06. The quantitative estimate of drug-likeness (QED) is 0.740. The molecule has 2 rings (SSSR count). The zero-order chi connectivity index (χ0) is 17.0. The molecule has 0 saturated carbocycles. The number of nitrogens with one attached hydrogen (secondary N) is 2. The third kappa shape index (κ3) is 4.19. The highest BCUT2D eigenvalue weighted by Crippen LogP contribution is 2.21. The molecule has 0 aliphatic heterocycles. The van der Waals surface area contributed by atoms with Crippen molar-refractivity contribution in [1.82, 2.24) is 5.32 Å². The Morgan fingerprint density at radius 1 is 1.30 bits per heavy atom. The van der Waals surface area contributed by atoms with Crippen LogP contribution in [0.1, 0.15) is 28.8 Å². The Morgan fingerprint density at radius 2 is 2.00 bits per heavy atom. The maximum atomic E-state index is 12.3. The molecule has 0 radical (unpaired) electrons. The van der Waals surface area contributed by atoms with Gasteiger partial charge in [-0.25, -0.2) is 13.6 Å². The summed E-state index contributed by atoms with van der Waals surface area (Å²) in [5.74, 6) is -0.560. The summed E-state index contributed by atoms with van der Waals surface area (Å²) in [5.41, 5.74) is 1.54. The van der Waals surface area contributed by atoms with Gasteiger partial charge in [-0.3, -0.25) is 4.79 Å². The first-order valence-corrected chi connectivity index (χ1v) is 8.60. The molecule has 0 unspecified atom stereocenters. The lowest BCUT2D eigenvalue weighted by atomic mass is 10.1. The Bertz CT molecular complexity index is 812. The van der Waals surface area contributed by atoms with Crippen molar-refractivity contribution >= 4 is 21.6 Å². The summed E-state index contributed by atoms with van der Waals surface area (Å²) in [6.07, 6.45) is 0. The van der Waals surface area contributed by atoms with Crippen LogP contribution < -0.4 is 15.8 Å². The summed E-state index contributed by atoms with van der Waals surface area (Å²) in [6.45, 7) is 4.83. The molecule has 7 nitrogen and oxygen atoms in total. The second-order valence-corrected chi connectivity index (χ2v) is 6.50. The summed E-state index contributed by atoms with van der Waals surface area (Å²) in [4.78, 5) is 12.1. The third-order valence-electron chi connectivity index (χ3n) is 3.23. The standard InChI is InChI=1S/C15H19N3O4S/c1-3-17-9-11-6-4-5-7-12(11)18-15(19)13-8-14(10(2)22-13)23(16,20)21/h4-8,17H,3,9H2,1-2H3,(H,18,19)(H2,16,20,21). The van der Waals surface area contributed by atoms with Crippen LogP contribution in [0.15, 0.2) is 39.6 Å². The third-order valence-corrected chi connectivity index (χ3v) is 4.25. The average Bonchev–Trinajstić information content (AvgIpc) is 2.88. The molecule has 1 heterocycles. The van der Waals surface area contributed by atoms with Gasteiger partial charge in [0.15, 0.2) is 5.76 Å². The van der Waals surface area contributed by atoms with E-state index in [2.05, 4.69) is 10.6 Å². The minimum Gasteiger partial charge on any atom is -0.455 e. The fraction of sp³-hybridized carbons (Fsp3) is 0.267. The summed E-state index contributed by atoms with van der Waals surface area (Å²) in [5, 5.41) is 11.0. The van der Waals surface area contributed by atoms with Gasteiger partial charge in [0.2, 0.25) is 10.0 Å². The minimum atomic E-state index is -3.92. The fourth-order valence-corrected chi connectivity index (χ4v) is 2.81. The van der Waals surface area contributed by atoms with Gasteiger partial charge >= 0.3 is 0 Å². The van der Waals surface area contributed by atoms with Crippen molar-refractivity contribution in [2.45, 2.75) is 25.3 Å². The molecule has 1 aromatic carbocycles. The number of hydrogen-bond acceptors (Lipinski definition) is 5. The summed E-state index contributed by atoms with van der Waals surface area (Å²) < 4.78 is 28.0. The number of carbonyl (C=O) groups is 1. The zero-order valence-corrected chi connectivity index (χ0v) is 13.7. The van der Waals surface area contributed by atoms with Crippen molar-refractivity contribution in [3.8, 4) is 0 Å². The second kappa shape index (κ2) is 6.95. The molecule has 1 aromatic heterocycles. The predicted octanol–water partition coefficient (Wildman–Crippen LogP) is 1.60. The number of amides is 1. The molecule has 124 valence electrons. The number of hydrogen-bond donors (Lipinski definition) is 3. The fourth-order valence-electron chi connectivity index (χ4n) is 2.10. The maximum Gasteiger partial charge on any atom is 0.291 e. The second-order valence-electron chi connectivity index (χ2n) is 4.97. The van der Waals surface area contributed by atoms with Gasteiger partial charge in [-0.15, -0.1) is 0 Å². The molecule has 0 aliphatic carbocycles. The Balaban J connectivity index is 2.23. The van der Waals surface area contributed by atoms with Gasteiger partial charge in [-0.2, -0.15) is 0 Å². The highest BCUT2D eigenvalue weighted by atomic mass is 32.2. The van der Waals surface area contributed by atoms with Gasteiger partial charge in [0, 0.05) is 18.3 Å². The number of rotatable bonds is 6. The Kier molecular flexibility index (Phi) is 5.19. The van der Waals surface area contributed by atoms with Crippen LogP contribution in [0.4, 0.5) is 5.69 Å². The molecule has 8 heteroatoms. The lowest BCUT2D eigenvalue weighted by Gasteiger charge is -2.10. The zero-order valence-electron chi connectivity index (χ0n) is 12.9. The molecule has 0 spiro atoms. The lowest BCUT2D eigenvalue weighted by Crippen LogP contribution is -2.17. The molecular formula is C15H19N3O4S. The van der Waals surface area contributed by atoms with Gasteiger partial charge in [0.05, 0.1) is 0 Å². The van der Waals surface area contributed by atoms with E-state index in [1.54, 1.807) is 12.1 Å². The largest absolute Gasteiger partial charge is 0.455 e. The van der Waals surface area contributed by atoms with E-state index in [0.29, 0.717) is 12.2 Å². The highest BCUT2D eigenvalue weighted by Gasteiger charge is 2.21. The monoisotopic (exact) mass is 337 g/mol. The molecule has 0 fully saturated rings. The van der Waals surface area contributed by atoms with E-state index < -0.39 is 15.9 Å². The molecular weight excluding hydrogens is 318 g/mol. The van der Waals surface area contributed by atoms with Crippen molar-refractivity contribution in [3.05, 3.63) is 47.4 Å². The smallest absolute Gasteiger partial charge is 0.291 e. The number of carbonyl (C=O) groups excluding carboxylic acids is 1. The predicted molar refractivity (Wildman–Crippen MR) is 86.6 cm³/mol. The number of benzene rings is 1. The Labute approximate surface area is 134 Å².